The molecule has 0 saturated heterocycles. The molecule has 0 aliphatic rings. The molecule has 0 aliphatic heterocycles. The van der Waals surface area contributed by atoms with E-state index in [1.54, 1.807) is 0 Å². The maximum Gasteiger partial charge on any atom is 0.129 e. The van der Waals surface area contributed by atoms with Crippen LogP contribution in [0, 0.1) is 18.6 Å². The van der Waals surface area contributed by atoms with Gasteiger partial charge >= 0.3 is 0 Å². The highest BCUT2D eigenvalue weighted by atomic mass is 19.3. The number of halogens is 3. The van der Waals surface area contributed by atoms with Crippen molar-refractivity contribution in [2.24, 2.45) is 0 Å². The van der Waals surface area contributed by atoms with Gasteiger partial charge in [0.25, 0.3) is 0 Å². The molecule has 0 heterocycles. The summed E-state index contributed by atoms with van der Waals surface area (Å²) in [6.45, 7) is 0.874. The Labute approximate surface area is 67.7 Å². The highest BCUT2D eigenvalue weighted by molar-refractivity contribution is 5.24. The second-order valence-corrected chi connectivity index (χ2v) is 2.44. The van der Waals surface area contributed by atoms with Gasteiger partial charge in [-0.3, -0.25) is 0 Å². The third kappa shape index (κ3) is 1.76. The summed E-state index contributed by atoms with van der Waals surface area (Å²) in [5.74, 6) is -1.39. The van der Waals surface area contributed by atoms with Gasteiger partial charge in [-0.15, -0.1) is 0 Å². The number of rotatable bonds is 2. The topological polar surface area (TPSA) is 9.23 Å². The molecule has 1 aromatic carbocycles. The van der Waals surface area contributed by atoms with Crippen molar-refractivity contribution in [3.8, 4) is 0 Å². The van der Waals surface area contributed by atoms with E-state index >= 15 is 0 Å². The summed E-state index contributed by atoms with van der Waals surface area (Å²) >= 11 is 0. The zero-order valence-electron chi connectivity index (χ0n) is 6.40. The highest BCUT2D eigenvalue weighted by Crippen LogP contribution is 2.14. The van der Waals surface area contributed by atoms with E-state index in [2.05, 4.69) is 4.94 Å². The van der Waals surface area contributed by atoms with E-state index < -0.39 is 18.2 Å². The molecular weight excluding hydrogens is 169 g/mol. The average molecular weight is 176 g/mol. The minimum absolute atomic E-state index is 0.0717. The van der Waals surface area contributed by atoms with Crippen molar-refractivity contribution < 1.29 is 18.2 Å². The molecule has 0 N–H and O–H groups in total. The van der Waals surface area contributed by atoms with Gasteiger partial charge < -0.3 is 0 Å². The van der Waals surface area contributed by atoms with Crippen molar-refractivity contribution in [1.29, 1.82) is 0 Å². The van der Waals surface area contributed by atoms with Crippen LogP contribution in [0.15, 0.2) is 12.1 Å². The highest BCUT2D eigenvalue weighted by Gasteiger charge is 2.06. The summed E-state index contributed by atoms with van der Waals surface area (Å²) in [6.07, 6.45) is 0. The molecule has 12 heavy (non-hydrogen) atoms. The van der Waals surface area contributed by atoms with Crippen LogP contribution in [0.4, 0.5) is 13.3 Å². The largest absolute Gasteiger partial charge is 0.207 e. The summed E-state index contributed by atoms with van der Waals surface area (Å²) in [5, 5.41) is 0. The van der Waals surface area contributed by atoms with Crippen LogP contribution in [0.1, 0.15) is 11.1 Å². The quantitative estimate of drug-likeness (QED) is 0.673. The smallest absolute Gasteiger partial charge is 0.129 e. The third-order valence-electron chi connectivity index (χ3n) is 1.56. The van der Waals surface area contributed by atoms with Crippen molar-refractivity contribution in [2.45, 2.75) is 13.5 Å². The minimum atomic E-state index is -0.693. The molecular formula is C8H7F3O. The number of hydrogen-bond acceptors (Lipinski definition) is 1. The predicted octanol–water partition coefficient (Wildman–Crippen LogP) is 2.67. The van der Waals surface area contributed by atoms with Gasteiger partial charge in [-0.05, 0) is 29.1 Å². The number of hydrogen-bond donors (Lipinski definition) is 0. The molecule has 66 valence electrons. The number of benzene rings is 1. The molecule has 0 saturated carbocycles. The van der Waals surface area contributed by atoms with Crippen LogP contribution in [0.25, 0.3) is 0 Å². The van der Waals surface area contributed by atoms with Gasteiger partial charge in [-0.2, -0.15) is 4.94 Å². The maximum absolute atomic E-state index is 12.7. The summed E-state index contributed by atoms with van der Waals surface area (Å²) in [5.41, 5.74) is 0.0655. The monoisotopic (exact) mass is 176 g/mol. The summed E-state index contributed by atoms with van der Waals surface area (Å²) in [6, 6.07) is 2.08. The maximum atomic E-state index is 12.7. The zero-order valence-corrected chi connectivity index (χ0v) is 6.40. The SMILES string of the molecule is Cc1c(F)cc(COF)cc1F. The van der Waals surface area contributed by atoms with E-state index in [0.29, 0.717) is 0 Å². The zero-order chi connectivity index (χ0) is 9.14. The molecule has 0 radical (unpaired) electrons. The molecule has 1 nitrogen and oxygen atoms in total. The molecule has 0 aromatic heterocycles. The third-order valence-corrected chi connectivity index (χ3v) is 1.56. The predicted molar refractivity (Wildman–Crippen MR) is 37.0 cm³/mol. The molecule has 0 atom stereocenters. The molecule has 1 rings (SSSR count). The molecule has 1 aromatic rings. The normalized spacial score (nSPS) is 10.3. The first kappa shape index (κ1) is 9.06. The fraction of sp³-hybridized carbons (Fsp3) is 0.250. The lowest BCUT2D eigenvalue weighted by Crippen LogP contribution is -1.93. The van der Waals surface area contributed by atoms with Crippen molar-refractivity contribution >= 4 is 0 Å². The standard InChI is InChI=1S/C8H7F3O/c1-5-7(9)2-6(4-12-11)3-8(5)10/h2-3H,4H2,1H3. The van der Waals surface area contributed by atoms with Crippen LogP contribution in [0.3, 0.4) is 0 Å². The first-order chi connectivity index (χ1) is 5.65. The molecule has 4 heteroatoms. The second kappa shape index (κ2) is 3.58. The van der Waals surface area contributed by atoms with Gasteiger partial charge in [0.05, 0.1) is 0 Å². The molecule has 0 amide bonds. The first-order valence-electron chi connectivity index (χ1n) is 3.33. The second-order valence-electron chi connectivity index (χ2n) is 2.44. The molecule has 0 fully saturated rings. The molecule has 0 bridgehead atoms. The Balaban J connectivity index is 3.04. The average Bonchev–Trinajstić information content (AvgIpc) is 2.01. The fourth-order valence-electron chi connectivity index (χ4n) is 0.844. The van der Waals surface area contributed by atoms with Crippen LogP contribution < -0.4 is 0 Å². The Kier molecular flexibility index (Phi) is 2.70. The van der Waals surface area contributed by atoms with E-state index in [1.165, 1.54) is 6.92 Å². The van der Waals surface area contributed by atoms with E-state index in [-0.39, 0.29) is 11.1 Å². The Morgan fingerprint density at radius 1 is 1.25 bits per heavy atom. The van der Waals surface area contributed by atoms with E-state index in [4.69, 9.17) is 0 Å². The van der Waals surface area contributed by atoms with Crippen LogP contribution in [-0.2, 0) is 11.5 Å². The van der Waals surface area contributed by atoms with Crippen LogP contribution in [0.5, 0.6) is 0 Å². The van der Waals surface area contributed by atoms with E-state index in [9.17, 15) is 13.3 Å². The van der Waals surface area contributed by atoms with Crippen molar-refractivity contribution in [2.75, 3.05) is 0 Å². The summed E-state index contributed by atoms with van der Waals surface area (Å²) < 4.78 is 36.8. The Morgan fingerprint density at radius 2 is 1.75 bits per heavy atom. The molecule has 0 unspecified atom stereocenters. The molecule has 0 spiro atoms. The fourth-order valence-corrected chi connectivity index (χ4v) is 0.844. The lowest BCUT2D eigenvalue weighted by molar-refractivity contribution is -0.144. The molecule has 0 aliphatic carbocycles. The lowest BCUT2D eigenvalue weighted by atomic mass is 10.1. The van der Waals surface area contributed by atoms with Gasteiger partial charge in [0.1, 0.15) is 18.2 Å². The Hall–Kier alpha value is -1.03. The Morgan fingerprint density at radius 3 is 2.17 bits per heavy atom. The van der Waals surface area contributed by atoms with E-state index in [0.717, 1.165) is 12.1 Å². The van der Waals surface area contributed by atoms with Crippen LogP contribution >= 0.6 is 0 Å². The lowest BCUT2D eigenvalue weighted by Gasteiger charge is -2.01. The Bertz CT molecular complexity index is 263. The first-order valence-corrected chi connectivity index (χ1v) is 3.33. The van der Waals surface area contributed by atoms with Crippen LogP contribution in [0.2, 0.25) is 0 Å². The minimum Gasteiger partial charge on any atom is -0.207 e. The summed E-state index contributed by atoms with van der Waals surface area (Å²) in [7, 11) is 0. The van der Waals surface area contributed by atoms with Gasteiger partial charge in [0.2, 0.25) is 0 Å². The van der Waals surface area contributed by atoms with Crippen molar-refractivity contribution in [3.63, 3.8) is 0 Å². The van der Waals surface area contributed by atoms with Crippen molar-refractivity contribution in [3.05, 3.63) is 34.9 Å². The van der Waals surface area contributed by atoms with Gasteiger partial charge in [0, 0.05) is 5.56 Å². The van der Waals surface area contributed by atoms with Gasteiger partial charge in [0.15, 0.2) is 0 Å². The van der Waals surface area contributed by atoms with Gasteiger partial charge in [-0.1, -0.05) is 0 Å². The van der Waals surface area contributed by atoms with Crippen molar-refractivity contribution in [1.82, 2.24) is 0 Å². The van der Waals surface area contributed by atoms with Gasteiger partial charge in [-0.25, -0.2) is 8.78 Å². The summed E-state index contributed by atoms with van der Waals surface area (Å²) in [4.78, 5) is 3.24. The van der Waals surface area contributed by atoms with Crippen LogP contribution in [-0.4, -0.2) is 0 Å². The van der Waals surface area contributed by atoms with E-state index in [1.807, 2.05) is 0 Å².